The highest BCUT2D eigenvalue weighted by Crippen LogP contribution is 1.88. The van der Waals surface area contributed by atoms with Gasteiger partial charge in [0.25, 0.3) is 0 Å². The van der Waals surface area contributed by atoms with Gasteiger partial charge in [0, 0.05) is 6.54 Å². The third-order valence-corrected chi connectivity index (χ3v) is 1.83. The summed E-state index contributed by atoms with van der Waals surface area (Å²) in [5.74, 6) is 5.94. The number of amides is 1. The number of nitrogen functional groups attached to an aromatic ring is 1. The molecule has 1 rings (SSSR count). The summed E-state index contributed by atoms with van der Waals surface area (Å²) in [5, 5.41) is 6.29. The highest BCUT2D eigenvalue weighted by Gasteiger charge is 2.13. The second kappa shape index (κ2) is 4.16. The first-order chi connectivity index (χ1) is 6.93. The zero-order valence-corrected chi connectivity index (χ0v) is 9.02. The quantitative estimate of drug-likeness (QED) is 0.634. The molecule has 0 unspecified atom stereocenters. The molecule has 15 heavy (non-hydrogen) atoms. The normalized spacial score (nSPS) is 10.7. The molecule has 0 saturated carbocycles. The summed E-state index contributed by atoms with van der Waals surface area (Å²) in [6.07, 6.45) is 0. The molecule has 84 valence electrons. The van der Waals surface area contributed by atoms with Gasteiger partial charge in [0.2, 0.25) is 0 Å². The summed E-state index contributed by atoms with van der Waals surface area (Å²) in [5.41, 5.74) is -0.645. The molecular weight excluding hydrogens is 198 g/mol. The summed E-state index contributed by atoms with van der Waals surface area (Å²) in [7, 11) is 0. The van der Waals surface area contributed by atoms with Gasteiger partial charge in [-0.25, -0.2) is 9.59 Å². The number of hydrogen-bond acceptors (Lipinski definition) is 4. The predicted octanol–water partition coefficient (Wildman–Crippen LogP) is -0.719. The number of aromatic nitrogens is 3. The minimum atomic E-state index is -0.645. The summed E-state index contributed by atoms with van der Waals surface area (Å²) in [4.78, 5) is 22.8. The molecule has 0 aromatic carbocycles. The molecule has 0 bridgehead atoms. The maximum absolute atomic E-state index is 11.5. The first-order valence-corrected chi connectivity index (χ1v) is 4.65. The topological polar surface area (TPSA) is 94.9 Å². The highest BCUT2D eigenvalue weighted by atomic mass is 16.2. The Balaban J connectivity index is 2.83. The monoisotopic (exact) mass is 213 g/mol. The average Bonchev–Trinajstić information content (AvgIpc) is 2.42. The van der Waals surface area contributed by atoms with Gasteiger partial charge in [-0.05, 0) is 12.8 Å². The van der Waals surface area contributed by atoms with E-state index in [2.05, 4.69) is 10.4 Å². The van der Waals surface area contributed by atoms with Crippen LogP contribution in [0.4, 0.5) is 4.79 Å². The second-order valence-corrected chi connectivity index (χ2v) is 3.69. The molecule has 3 N–H and O–H groups in total. The Hall–Kier alpha value is -1.79. The number of hydrogen-bond donors (Lipinski definition) is 2. The van der Waals surface area contributed by atoms with Crippen molar-refractivity contribution in [3.63, 3.8) is 0 Å². The summed E-state index contributed by atoms with van der Waals surface area (Å²) >= 11 is 0. The molecule has 0 spiro atoms. The smallest absolute Gasteiger partial charge is 0.336 e. The van der Waals surface area contributed by atoms with E-state index in [1.165, 1.54) is 0 Å². The van der Waals surface area contributed by atoms with Crippen molar-refractivity contribution >= 4 is 6.03 Å². The van der Waals surface area contributed by atoms with Crippen LogP contribution in [-0.2, 0) is 0 Å². The number of nitrogens with zero attached hydrogens (tertiary/aromatic N) is 3. The Kier molecular flexibility index (Phi) is 3.13. The molecule has 0 aliphatic rings. The van der Waals surface area contributed by atoms with Crippen molar-refractivity contribution in [2.45, 2.75) is 20.8 Å². The summed E-state index contributed by atoms with van der Waals surface area (Å²) in [6, 6.07) is -0.555. The van der Waals surface area contributed by atoms with Crippen molar-refractivity contribution in [1.82, 2.24) is 19.8 Å². The third kappa shape index (κ3) is 2.36. The average molecular weight is 213 g/mol. The van der Waals surface area contributed by atoms with Crippen LogP contribution in [0.15, 0.2) is 4.79 Å². The largest absolute Gasteiger partial charge is 0.373 e. The minimum absolute atomic E-state index is 0.291. The van der Waals surface area contributed by atoms with Crippen molar-refractivity contribution in [3.8, 4) is 0 Å². The number of aryl methyl sites for hydroxylation is 1. The van der Waals surface area contributed by atoms with Gasteiger partial charge in [0.15, 0.2) is 5.82 Å². The standard InChI is InChI=1S/C8H15N5O2/c1-5(2)4-10-7(14)13-8(15)12(9)6(3)11-13/h5H,4,9H2,1-3H3,(H,10,14). The molecule has 1 heterocycles. The lowest BCUT2D eigenvalue weighted by Crippen LogP contribution is -2.40. The molecule has 7 nitrogen and oxygen atoms in total. The van der Waals surface area contributed by atoms with Gasteiger partial charge in [-0.15, -0.1) is 9.78 Å². The van der Waals surface area contributed by atoms with Crippen LogP contribution in [0.25, 0.3) is 0 Å². The van der Waals surface area contributed by atoms with Crippen LogP contribution in [0.3, 0.4) is 0 Å². The van der Waals surface area contributed by atoms with Crippen LogP contribution < -0.4 is 16.8 Å². The predicted molar refractivity (Wildman–Crippen MR) is 55.0 cm³/mol. The van der Waals surface area contributed by atoms with E-state index in [-0.39, 0.29) is 0 Å². The molecule has 0 atom stereocenters. The van der Waals surface area contributed by atoms with Crippen molar-refractivity contribution in [3.05, 3.63) is 16.3 Å². The Morgan fingerprint density at radius 2 is 2.20 bits per heavy atom. The molecule has 0 fully saturated rings. The Bertz CT molecular complexity index is 417. The SMILES string of the molecule is Cc1nn(C(=O)NCC(C)C)c(=O)n1N. The van der Waals surface area contributed by atoms with E-state index in [4.69, 9.17) is 5.84 Å². The van der Waals surface area contributed by atoms with Crippen molar-refractivity contribution in [1.29, 1.82) is 0 Å². The molecule has 1 amide bonds. The van der Waals surface area contributed by atoms with E-state index < -0.39 is 11.7 Å². The Morgan fingerprint density at radius 1 is 1.60 bits per heavy atom. The number of nitrogens with two attached hydrogens (primary N) is 1. The fourth-order valence-electron chi connectivity index (χ4n) is 0.975. The van der Waals surface area contributed by atoms with Crippen LogP contribution in [0.2, 0.25) is 0 Å². The molecule has 1 aromatic rings. The van der Waals surface area contributed by atoms with E-state index in [1.807, 2.05) is 13.8 Å². The van der Waals surface area contributed by atoms with E-state index in [1.54, 1.807) is 6.92 Å². The van der Waals surface area contributed by atoms with Crippen LogP contribution in [0, 0.1) is 12.8 Å². The van der Waals surface area contributed by atoms with Crippen molar-refractivity contribution in [2.75, 3.05) is 12.4 Å². The van der Waals surface area contributed by atoms with Crippen molar-refractivity contribution in [2.24, 2.45) is 5.92 Å². The van der Waals surface area contributed by atoms with Gasteiger partial charge >= 0.3 is 11.7 Å². The van der Waals surface area contributed by atoms with E-state index in [0.29, 0.717) is 18.3 Å². The second-order valence-electron chi connectivity index (χ2n) is 3.69. The fourth-order valence-corrected chi connectivity index (χ4v) is 0.975. The minimum Gasteiger partial charge on any atom is -0.336 e. The lowest BCUT2D eigenvalue weighted by molar-refractivity contribution is 0.237. The molecule has 1 aromatic heterocycles. The van der Waals surface area contributed by atoms with E-state index in [9.17, 15) is 9.59 Å². The lowest BCUT2D eigenvalue weighted by Gasteiger charge is -2.05. The first-order valence-electron chi connectivity index (χ1n) is 4.65. The first kappa shape index (κ1) is 11.3. The van der Waals surface area contributed by atoms with Gasteiger partial charge in [0.1, 0.15) is 0 Å². The molecule has 0 saturated heterocycles. The number of carbonyl (C=O) groups excluding carboxylic acids is 1. The van der Waals surface area contributed by atoms with Gasteiger partial charge < -0.3 is 11.2 Å². The maximum Gasteiger partial charge on any atom is 0.373 e. The van der Waals surface area contributed by atoms with Crippen LogP contribution in [0.5, 0.6) is 0 Å². The molecule has 0 radical (unpaired) electrons. The van der Waals surface area contributed by atoms with Gasteiger partial charge in [-0.3, -0.25) is 0 Å². The summed E-state index contributed by atoms with van der Waals surface area (Å²) < 4.78 is 1.55. The number of nitrogens with one attached hydrogen (secondary N) is 1. The van der Waals surface area contributed by atoms with Crippen molar-refractivity contribution < 1.29 is 4.79 Å². The van der Waals surface area contributed by atoms with Gasteiger partial charge in [-0.2, -0.15) is 4.68 Å². The van der Waals surface area contributed by atoms with Crippen LogP contribution >= 0.6 is 0 Å². The zero-order valence-electron chi connectivity index (χ0n) is 9.02. The van der Waals surface area contributed by atoms with E-state index in [0.717, 1.165) is 9.36 Å². The lowest BCUT2D eigenvalue weighted by atomic mass is 10.2. The number of rotatable bonds is 2. The maximum atomic E-state index is 11.5. The molecule has 7 heteroatoms. The molecule has 0 aliphatic heterocycles. The van der Waals surface area contributed by atoms with Crippen LogP contribution in [0.1, 0.15) is 19.7 Å². The van der Waals surface area contributed by atoms with Gasteiger partial charge in [-0.1, -0.05) is 13.8 Å². The van der Waals surface area contributed by atoms with E-state index >= 15 is 0 Å². The molecular formula is C8H15N5O2. The summed E-state index contributed by atoms with van der Waals surface area (Å²) in [6.45, 7) is 5.95. The Morgan fingerprint density at radius 3 is 2.60 bits per heavy atom. The molecule has 0 aliphatic carbocycles. The Labute approximate surface area is 86.8 Å². The number of carbonyl (C=O) groups is 1. The zero-order chi connectivity index (χ0) is 11.6. The van der Waals surface area contributed by atoms with Gasteiger partial charge in [0.05, 0.1) is 0 Å². The van der Waals surface area contributed by atoms with Crippen LogP contribution in [-0.4, -0.2) is 27.0 Å². The highest BCUT2D eigenvalue weighted by molar-refractivity contribution is 5.75. The third-order valence-electron chi connectivity index (χ3n) is 1.83. The fraction of sp³-hybridized carbons (Fsp3) is 0.625.